The molecule has 2 aromatic heterocycles. The van der Waals surface area contributed by atoms with Gasteiger partial charge in [0.05, 0.1) is 5.69 Å². The molecule has 0 saturated carbocycles. The standard InChI is InChI=1S/C16H14BrN3O/c1-10-5-3-4-6-13(10)19-16(21)15-11(2)18-14-8-7-12(17)9-20(14)15/h3-9H,1-2H3,(H,19,21). The SMILES string of the molecule is Cc1ccccc1NC(=O)c1c(C)nc2ccc(Br)cn12. The van der Waals surface area contributed by atoms with Gasteiger partial charge in [-0.05, 0) is 53.5 Å². The largest absolute Gasteiger partial charge is 0.320 e. The number of anilines is 1. The molecule has 0 aliphatic carbocycles. The average Bonchev–Trinajstić information content (AvgIpc) is 2.76. The van der Waals surface area contributed by atoms with Crippen molar-refractivity contribution in [3.05, 3.63) is 64.0 Å². The van der Waals surface area contributed by atoms with E-state index in [1.54, 1.807) is 4.40 Å². The third-order valence-electron chi connectivity index (χ3n) is 3.37. The monoisotopic (exact) mass is 343 g/mol. The van der Waals surface area contributed by atoms with Crippen LogP contribution in [0.2, 0.25) is 0 Å². The van der Waals surface area contributed by atoms with Gasteiger partial charge in [-0.15, -0.1) is 0 Å². The molecule has 0 unspecified atom stereocenters. The van der Waals surface area contributed by atoms with Crippen molar-refractivity contribution in [2.75, 3.05) is 5.32 Å². The molecule has 0 bridgehead atoms. The van der Waals surface area contributed by atoms with Gasteiger partial charge in [0.1, 0.15) is 11.3 Å². The summed E-state index contributed by atoms with van der Waals surface area (Å²) < 4.78 is 2.70. The number of fused-ring (bicyclic) bond motifs is 1. The Morgan fingerprint density at radius 3 is 2.71 bits per heavy atom. The van der Waals surface area contributed by atoms with Gasteiger partial charge in [-0.2, -0.15) is 0 Å². The Balaban J connectivity index is 2.04. The van der Waals surface area contributed by atoms with Crippen LogP contribution in [-0.2, 0) is 0 Å². The van der Waals surface area contributed by atoms with Crippen LogP contribution in [0.25, 0.3) is 5.65 Å². The zero-order valence-corrected chi connectivity index (χ0v) is 13.3. The number of nitrogens with one attached hydrogen (secondary N) is 1. The van der Waals surface area contributed by atoms with Crippen LogP contribution in [0.5, 0.6) is 0 Å². The fraction of sp³-hybridized carbons (Fsp3) is 0.125. The summed E-state index contributed by atoms with van der Waals surface area (Å²) >= 11 is 3.42. The first-order valence-electron chi connectivity index (χ1n) is 6.57. The summed E-state index contributed by atoms with van der Waals surface area (Å²) in [5.74, 6) is -0.160. The molecule has 0 spiro atoms. The number of aromatic nitrogens is 2. The lowest BCUT2D eigenvalue weighted by Crippen LogP contribution is -2.16. The average molecular weight is 344 g/mol. The van der Waals surface area contributed by atoms with Crippen molar-refractivity contribution < 1.29 is 4.79 Å². The number of halogens is 1. The second kappa shape index (κ2) is 5.33. The number of nitrogens with zero attached hydrogens (tertiary/aromatic N) is 2. The molecule has 21 heavy (non-hydrogen) atoms. The van der Waals surface area contributed by atoms with E-state index in [1.165, 1.54) is 0 Å². The van der Waals surface area contributed by atoms with Gasteiger partial charge in [0.25, 0.3) is 5.91 Å². The molecule has 0 fully saturated rings. The summed E-state index contributed by atoms with van der Waals surface area (Å²) in [5.41, 5.74) is 3.85. The predicted molar refractivity (Wildman–Crippen MR) is 86.8 cm³/mol. The number of carbonyl (C=O) groups is 1. The van der Waals surface area contributed by atoms with Crippen LogP contribution in [-0.4, -0.2) is 15.3 Å². The van der Waals surface area contributed by atoms with E-state index in [0.717, 1.165) is 21.4 Å². The van der Waals surface area contributed by atoms with Crippen molar-refractivity contribution >= 4 is 33.2 Å². The highest BCUT2D eigenvalue weighted by Crippen LogP contribution is 2.19. The van der Waals surface area contributed by atoms with Gasteiger partial charge in [0.2, 0.25) is 0 Å². The molecule has 3 rings (SSSR count). The number of carbonyl (C=O) groups excluding carboxylic acids is 1. The number of benzene rings is 1. The lowest BCUT2D eigenvalue weighted by molar-refractivity contribution is 0.102. The van der Waals surface area contributed by atoms with Crippen LogP contribution >= 0.6 is 15.9 Å². The second-order valence-corrected chi connectivity index (χ2v) is 5.81. The molecule has 5 heteroatoms. The fourth-order valence-corrected chi connectivity index (χ4v) is 2.64. The summed E-state index contributed by atoms with van der Waals surface area (Å²) in [7, 11) is 0. The number of aryl methyl sites for hydroxylation is 2. The van der Waals surface area contributed by atoms with Crippen molar-refractivity contribution in [3.63, 3.8) is 0 Å². The van der Waals surface area contributed by atoms with Crippen molar-refractivity contribution in [2.24, 2.45) is 0 Å². The van der Waals surface area contributed by atoms with Crippen molar-refractivity contribution in [1.29, 1.82) is 0 Å². The smallest absolute Gasteiger partial charge is 0.274 e. The summed E-state index contributed by atoms with van der Waals surface area (Å²) in [4.78, 5) is 17.0. The Morgan fingerprint density at radius 2 is 1.95 bits per heavy atom. The molecule has 1 N–H and O–H groups in total. The van der Waals surface area contributed by atoms with Gasteiger partial charge in [-0.25, -0.2) is 4.98 Å². The Morgan fingerprint density at radius 1 is 1.19 bits per heavy atom. The van der Waals surface area contributed by atoms with E-state index in [1.807, 2.05) is 56.4 Å². The number of imidazole rings is 1. The zero-order chi connectivity index (χ0) is 15.0. The van der Waals surface area contributed by atoms with E-state index in [0.29, 0.717) is 11.4 Å². The third kappa shape index (κ3) is 2.56. The summed E-state index contributed by atoms with van der Waals surface area (Å²) in [6, 6.07) is 11.5. The van der Waals surface area contributed by atoms with Crippen LogP contribution in [0, 0.1) is 13.8 Å². The molecule has 0 radical (unpaired) electrons. The normalized spacial score (nSPS) is 10.8. The molecule has 2 heterocycles. The van der Waals surface area contributed by atoms with Gasteiger partial charge >= 0.3 is 0 Å². The van der Waals surface area contributed by atoms with Crippen LogP contribution < -0.4 is 5.32 Å². The molecular formula is C16H14BrN3O. The van der Waals surface area contributed by atoms with Crippen molar-refractivity contribution in [3.8, 4) is 0 Å². The number of pyridine rings is 1. The summed E-state index contributed by atoms with van der Waals surface area (Å²) in [5, 5.41) is 2.95. The molecule has 1 amide bonds. The fourth-order valence-electron chi connectivity index (χ4n) is 2.30. The minimum absolute atomic E-state index is 0.160. The highest BCUT2D eigenvalue weighted by molar-refractivity contribution is 9.10. The minimum atomic E-state index is -0.160. The molecule has 0 saturated heterocycles. The van der Waals surface area contributed by atoms with E-state index in [2.05, 4.69) is 26.2 Å². The Hall–Kier alpha value is -2.14. The maximum absolute atomic E-state index is 12.6. The van der Waals surface area contributed by atoms with E-state index >= 15 is 0 Å². The maximum Gasteiger partial charge on any atom is 0.274 e. The zero-order valence-electron chi connectivity index (χ0n) is 11.7. The Labute approximate surface area is 131 Å². The number of rotatable bonds is 2. The first kappa shape index (κ1) is 13.8. The van der Waals surface area contributed by atoms with Crippen LogP contribution in [0.3, 0.4) is 0 Å². The van der Waals surface area contributed by atoms with Gasteiger partial charge < -0.3 is 5.32 Å². The van der Waals surface area contributed by atoms with E-state index < -0.39 is 0 Å². The molecule has 0 atom stereocenters. The van der Waals surface area contributed by atoms with Gasteiger partial charge in [0, 0.05) is 16.4 Å². The quantitative estimate of drug-likeness (QED) is 0.765. The second-order valence-electron chi connectivity index (χ2n) is 4.89. The van der Waals surface area contributed by atoms with Crippen LogP contribution in [0.4, 0.5) is 5.69 Å². The highest BCUT2D eigenvalue weighted by Gasteiger charge is 2.17. The number of hydrogen-bond acceptors (Lipinski definition) is 2. The van der Waals surface area contributed by atoms with Crippen molar-refractivity contribution in [1.82, 2.24) is 9.38 Å². The van der Waals surface area contributed by atoms with Gasteiger partial charge in [0.15, 0.2) is 0 Å². The van der Waals surface area contributed by atoms with E-state index in [9.17, 15) is 4.79 Å². The molecule has 106 valence electrons. The molecule has 1 aromatic carbocycles. The molecule has 0 aliphatic rings. The van der Waals surface area contributed by atoms with Gasteiger partial charge in [-0.1, -0.05) is 18.2 Å². The Bertz CT molecular complexity index is 839. The maximum atomic E-state index is 12.6. The molecule has 4 nitrogen and oxygen atoms in total. The summed E-state index contributed by atoms with van der Waals surface area (Å²) in [6.07, 6.45) is 1.85. The third-order valence-corrected chi connectivity index (χ3v) is 3.83. The first-order chi connectivity index (χ1) is 10.1. The van der Waals surface area contributed by atoms with Gasteiger partial charge in [-0.3, -0.25) is 9.20 Å². The Kier molecular flexibility index (Phi) is 3.51. The van der Waals surface area contributed by atoms with E-state index in [4.69, 9.17) is 0 Å². The molecule has 3 aromatic rings. The highest BCUT2D eigenvalue weighted by atomic mass is 79.9. The minimum Gasteiger partial charge on any atom is -0.320 e. The van der Waals surface area contributed by atoms with Crippen molar-refractivity contribution in [2.45, 2.75) is 13.8 Å². The van der Waals surface area contributed by atoms with E-state index in [-0.39, 0.29) is 5.91 Å². The number of hydrogen-bond donors (Lipinski definition) is 1. The number of para-hydroxylation sites is 1. The first-order valence-corrected chi connectivity index (χ1v) is 7.37. The lowest BCUT2D eigenvalue weighted by Gasteiger charge is -2.08. The topological polar surface area (TPSA) is 46.4 Å². The van der Waals surface area contributed by atoms with Crippen LogP contribution in [0.1, 0.15) is 21.7 Å². The molecular weight excluding hydrogens is 330 g/mol. The van der Waals surface area contributed by atoms with Crippen LogP contribution in [0.15, 0.2) is 47.1 Å². The number of amides is 1. The summed E-state index contributed by atoms with van der Waals surface area (Å²) in [6.45, 7) is 3.81. The predicted octanol–water partition coefficient (Wildman–Crippen LogP) is 3.97. The molecule has 0 aliphatic heterocycles. The lowest BCUT2D eigenvalue weighted by atomic mass is 10.2.